The predicted molar refractivity (Wildman–Crippen MR) is 388 cm³/mol. The first kappa shape index (κ1) is 79.1. The number of para-hydroxylation sites is 1. The monoisotopic (exact) mass is 1450 g/mol. The first-order chi connectivity index (χ1) is 47.7. The molecule has 30 heteroatoms. The molecule has 0 unspecified atom stereocenters. The van der Waals surface area contributed by atoms with Crippen LogP contribution >= 0.6 is 43.2 Å². The van der Waals surface area contributed by atoms with Crippen molar-refractivity contribution in [3.63, 3.8) is 0 Å². The van der Waals surface area contributed by atoms with Crippen molar-refractivity contribution in [2.75, 3.05) is 23.8 Å². The van der Waals surface area contributed by atoms with E-state index in [0.29, 0.717) is 45.5 Å². The summed E-state index contributed by atoms with van der Waals surface area (Å²) < 4.78 is 10.9. The molecule has 1 saturated heterocycles. The number of phenolic OH excluding ortho intramolecular Hbond substituents is 1. The second-order valence-corrected chi connectivity index (χ2v) is 31.6. The number of aromatic nitrogens is 2. The number of hydrogen-bond donors (Lipinski definition) is 13. The number of phenols is 1. The molecule has 9 atom stereocenters. The molecule has 2 aromatic heterocycles. The normalized spacial score (nSPS) is 20.5. The summed E-state index contributed by atoms with van der Waals surface area (Å²) in [6.07, 6.45) is 4.96. The number of nitrogens with one attached hydrogen (secondary N) is 11. The minimum Gasteiger partial charge on any atom is -0.508 e. The number of carbonyl (C=O) groups is 10. The maximum atomic E-state index is 15.3. The Bertz CT molecular complexity index is 3540. The first-order valence-electron chi connectivity index (χ1n) is 33.6. The molecule has 0 radical (unpaired) electrons. The second kappa shape index (κ2) is 39.1. The number of nitrogens with zero attached hydrogens (tertiary/aromatic N) is 1. The van der Waals surface area contributed by atoms with Gasteiger partial charge in [0, 0.05) is 72.4 Å². The van der Waals surface area contributed by atoms with Gasteiger partial charge in [-0.15, -0.1) is 0 Å². The molecule has 1 saturated carbocycles. The molecular formula is C70H94N12O14S4. The van der Waals surface area contributed by atoms with Gasteiger partial charge in [0.15, 0.2) is 0 Å². The van der Waals surface area contributed by atoms with Crippen molar-refractivity contribution in [1.82, 2.24) is 63.1 Å². The molecule has 13 N–H and O–H groups in total. The molecule has 0 bridgehead atoms. The van der Waals surface area contributed by atoms with Crippen LogP contribution in [0.25, 0.3) is 10.9 Å². The van der Waals surface area contributed by atoms with E-state index >= 15 is 19.2 Å². The highest BCUT2D eigenvalue weighted by atomic mass is 33.1. The number of pyridine rings is 1. The summed E-state index contributed by atoms with van der Waals surface area (Å²) in [6.45, 7) is 11.6. The van der Waals surface area contributed by atoms with Crippen LogP contribution in [0.2, 0.25) is 0 Å². The number of alkyl carbamates (subject to hydrolysis) is 2. The standard InChI is InChI=1S/C70H94N12O14S4/c1-42(83)58-66(92)80-55(65(91)79-56(41-99-100-57-28-18-20-33-71-57)63(89)74-46-23-13-9-14-24-46)40-98-97-39-54(78-61(87)52(35-43-21-11-8-12-22-43)81-68(94)96-70(5,6)7)64(90)76-51(36-44-29-31-47(84)32-30-44)60(86)77-53(37-45-38-73-49-26-17-16-25-48(45)49)62(88)75-50(59(85)82-58)27-15-10-19-34-72-67(93)95-69(2,3)4/h8,11-12,16-18,20-22,25-26,28-33,38,42,46,50-56,58,73,83-84H,9-10,13-15,19,23-24,27,34-37,39-41H2,1-7H3,(H,72,93)(H,74,89)(H,75,88)(H,76,90)(H,77,86)(H,78,87)(H,79,91)(H,80,92)(H,81,94)(H,82,85)/t42-,50+,51+,52-,53-,54+,55+,56+,58+/m1/s1. The summed E-state index contributed by atoms with van der Waals surface area (Å²) >= 11 is 0. The van der Waals surface area contributed by atoms with Crippen molar-refractivity contribution in [1.29, 1.82) is 0 Å². The molecule has 1 aliphatic carbocycles. The van der Waals surface area contributed by atoms with Crippen LogP contribution in [-0.4, -0.2) is 175 Å². The first-order valence-corrected chi connectivity index (χ1v) is 38.4. The minimum atomic E-state index is -1.78. The van der Waals surface area contributed by atoms with Crippen LogP contribution in [0, 0.1) is 0 Å². The van der Waals surface area contributed by atoms with E-state index in [1.165, 1.54) is 52.8 Å². The van der Waals surface area contributed by atoms with Gasteiger partial charge < -0.3 is 77.8 Å². The number of fused-ring (bicyclic) bond motifs is 1. The van der Waals surface area contributed by atoms with E-state index in [4.69, 9.17) is 9.47 Å². The van der Waals surface area contributed by atoms with Gasteiger partial charge in [-0.2, -0.15) is 0 Å². The fourth-order valence-electron chi connectivity index (χ4n) is 10.9. The number of aliphatic hydroxyl groups excluding tert-OH is 1. The molecule has 5 aromatic rings. The summed E-state index contributed by atoms with van der Waals surface area (Å²) in [7, 11) is 4.53. The van der Waals surface area contributed by atoms with Crippen LogP contribution in [0.4, 0.5) is 9.59 Å². The van der Waals surface area contributed by atoms with E-state index in [2.05, 4.69) is 63.1 Å². The average molecular weight is 1460 g/mol. The van der Waals surface area contributed by atoms with Crippen molar-refractivity contribution in [2.45, 2.75) is 202 Å². The SMILES string of the molecule is C[C@@H](O)[C@@H]1NC(=O)[C@H](CCCCCNC(=O)OC(C)(C)C)NC(=O)[C@@H](Cc2c[nH]c3ccccc23)NC(=O)[C@H](Cc2ccc(O)cc2)NC(=O)[C@@H](NC(=O)[C@@H](Cc2ccccc2)NC(=O)OC(C)(C)C)CSSC[C@@H](C(=O)N[C@@H](CSSc2ccccn2)C(=O)NC2CCCCC2)NC1=O. The van der Waals surface area contributed by atoms with Gasteiger partial charge in [-0.3, -0.25) is 38.4 Å². The largest absolute Gasteiger partial charge is 0.508 e. The molecule has 542 valence electrons. The lowest BCUT2D eigenvalue weighted by atomic mass is 9.95. The highest BCUT2D eigenvalue weighted by Crippen LogP contribution is 2.31. The second-order valence-electron chi connectivity index (χ2n) is 26.6. The van der Waals surface area contributed by atoms with E-state index in [0.717, 1.165) is 53.7 Å². The fraction of sp³-hybridized carbons (Fsp3) is 0.500. The number of amides is 10. The van der Waals surface area contributed by atoms with Crippen LogP contribution in [0.1, 0.15) is 123 Å². The highest BCUT2D eigenvalue weighted by Gasteiger charge is 2.38. The molecule has 3 heterocycles. The van der Waals surface area contributed by atoms with Crippen molar-refractivity contribution in [3.8, 4) is 5.75 Å². The molecule has 1 aliphatic heterocycles. The Hall–Kier alpha value is -8.19. The maximum absolute atomic E-state index is 15.3. The smallest absolute Gasteiger partial charge is 0.408 e. The Balaban J connectivity index is 1.28. The van der Waals surface area contributed by atoms with Gasteiger partial charge in [0.1, 0.15) is 70.3 Å². The summed E-state index contributed by atoms with van der Waals surface area (Å²) in [5.41, 5.74) is 0.662. The van der Waals surface area contributed by atoms with E-state index in [9.17, 15) is 39.0 Å². The van der Waals surface area contributed by atoms with E-state index in [-0.39, 0.29) is 67.7 Å². The third kappa shape index (κ3) is 27.1. The van der Waals surface area contributed by atoms with Crippen LogP contribution < -0.4 is 53.2 Å². The number of benzene rings is 3. The Kier molecular flexibility index (Phi) is 31.0. The number of ether oxygens (including phenoxy) is 2. The zero-order valence-corrected chi connectivity index (χ0v) is 60.6. The summed E-state index contributed by atoms with van der Waals surface area (Å²) in [5.74, 6) is -7.36. The van der Waals surface area contributed by atoms with Gasteiger partial charge >= 0.3 is 12.2 Å². The number of H-pyrrole nitrogens is 1. The molecule has 7 rings (SSSR count). The number of aromatic hydroxyl groups is 1. The van der Waals surface area contributed by atoms with Crippen molar-refractivity contribution >= 4 is 114 Å². The number of carbonyl (C=O) groups excluding carboxylic acids is 10. The minimum absolute atomic E-state index is 0.0484. The van der Waals surface area contributed by atoms with Gasteiger partial charge in [-0.1, -0.05) is 131 Å². The lowest BCUT2D eigenvalue weighted by Gasteiger charge is -2.30. The predicted octanol–water partition coefficient (Wildman–Crippen LogP) is 6.33. The topological polar surface area (TPSA) is 379 Å². The molecule has 2 fully saturated rings. The zero-order chi connectivity index (χ0) is 72.4. The molecular weight excluding hydrogens is 1360 g/mol. The van der Waals surface area contributed by atoms with Crippen LogP contribution in [-0.2, 0) is 67.1 Å². The Morgan fingerprint density at radius 1 is 0.640 bits per heavy atom. The van der Waals surface area contributed by atoms with E-state index in [1.54, 1.807) is 102 Å². The number of rotatable bonds is 24. The maximum Gasteiger partial charge on any atom is 0.408 e. The summed E-state index contributed by atoms with van der Waals surface area (Å²) in [6, 6.07) is 15.3. The fourth-order valence-corrected chi connectivity index (χ4v) is 15.3. The molecule has 0 spiro atoms. The van der Waals surface area contributed by atoms with Crippen molar-refractivity contribution < 1.29 is 67.6 Å². The van der Waals surface area contributed by atoms with Gasteiger partial charge in [0.2, 0.25) is 47.3 Å². The molecule has 100 heavy (non-hydrogen) atoms. The molecule has 26 nitrogen and oxygen atoms in total. The van der Waals surface area contributed by atoms with Crippen molar-refractivity contribution in [3.05, 3.63) is 126 Å². The Morgan fingerprint density at radius 3 is 1.96 bits per heavy atom. The molecule has 10 amide bonds. The number of unbranched alkanes of at least 4 members (excludes halogenated alkanes) is 2. The van der Waals surface area contributed by atoms with Gasteiger partial charge in [-0.05, 0) is 132 Å². The van der Waals surface area contributed by atoms with E-state index in [1.807, 2.05) is 24.3 Å². The Morgan fingerprint density at radius 2 is 1.27 bits per heavy atom. The van der Waals surface area contributed by atoms with E-state index < -0.39 is 125 Å². The molecule has 2 aliphatic rings. The van der Waals surface area contributed by atoms with Crippen LogP contribution in [0.5, 0.6) is 5.75 Å². The van der Waals surface area contributed by atoms with Gasteiger partial charge in [0.25, 0.3) is 0 Å². The lowest BCUT2D eigenvalue weighted by Crippen LogP contribution is -2.62. The zero-order valence-electron chi connectivity index (χ0n) is 57.4. The van der Waals surface area contributed by atoms with Crippen LogP contribution in [0.3, 0.4) is 0 Å². The van der Waals surface area contributed by atoms with Crippen molar-refractivity contribution in [2.24, 2.45) is 0 Å². The number of hydrogen-bond acceptors (Lipinski definition) is 19. The summed E-state index contributed by atoms with van der Waals surface area (Å²) in [4.78, 5) is 153. The highest BCUT2D eigenvalue weighted by molar-refractivity contribution is 8.77. The van der Waals surface area contributed by atoms with Gasteiger partial charge in [-0.25, -0.2) is 14.6 Å². The Labute approximate surface area is 598 Å². The average Bonchev–Trinajstić information content (AvgIpc) is 1.35. The quantitative estimate of drug-likeness (QED) is 0.0237. The lowest BCUT2D eigenvalue weighted by molar-refractivity contribution is -0.136. The third-order valence-electron chi connectivity index (χ3n) is 16.0. The molecule has 3 aromatic carbocycles. The van der Waals surface area contributed by atoms with Crippen LogP contribution in [0.15, 0.2) is 114 Å². The number of aliphatic hydroxyl groups is 1. The summed E-state index contributed by atoms with van der Waals surface area (Å²) in [5, 5.41) is 51.0. The number of aromatic amines is 1. The van der Waals surface area contributed by atoms with Gasteiger partial charge in [0.05, 0.1) is 6.10 Å². The third-order valence-corrected chi connectivity index (χ3v) is 20.7.